The summed E-state index contributed by atoms with van der Waals surface area (Å²) in [7, 11) is 0.0642. The van der Waals surface area contributed by atoms with Gasteiger partial charge < -0.3 is 18.4 Å². The van der Waals surface area contributed by atoms with Crippen LogP contribution < -0.4 is 23.8 Å². The summed E-state index contributed by atoms with van der Waals surface area (Å²) in [6.45, 7) is 0. The number of nitrogens with one attached hydrogen (secondary N) is 1. The van der Waals surface area contributed by atoms with Crippen LogP contribution in [0.4, 0.5) is 0 Å². The maximum Gasteiger partial charge on any atom is 0.343 e. The Hall–Kier alpha value is -4.05. The smallest absolute Gasteiger partial charge is 0.343 e. The van der Waals surface area contributed by atoms with E-state index in [0.717, 1.165) is 5.56 Å². The van der Waals surface area contributed by atoms with Gasteiger partial charge >= 0.3 is 10.1 Å². The highest BCUT2D eigenvalue weighted by molar-refractivity contribution is 7.87. The number of benzene rings is 3. The van der Waals surface area contributed by atoms with Crippen LogP contribution in [-0.4, -0.2) is 41.9 Å². The number of ether oxygens (including phenoxy) is 3. The van der Waals surface area contributed by atoms with Crippen LogP contribution in [0.25, 0.3) is 0 Å². The fraction of sp³-hybridized carbons (Fsp3) is 0.167. The second kappa shape index (κ2) is 11.2. The lowest BCUT2D eigenvalue weighted by molar-refractivity contribution is -0.120. The molecule has 0 fully saturated rings. The third-order valence-electron chi connectivity index (χ3n) is 4.65. The van der Waals surface area contributed by atoms with Gasteiger partial charge in [0, 0.05) is 11.6 Å². The van der Waals surface area contributed by atoms with Crippen molar-refractivity contribution in [1.82, 2.24) is 5.43 Å². The highest BCUT2D eigenvalue weighted by Gasteiger charge is 2.24. The zero-order valence-electron chi connectivity index (χ0n) is 18.8. The predicted molar refractivity (Wildman–Crippen MR) is 126 cm³/mol. The molecule has 178 valence electrons. The normalized spacial score (nSPS) is 11.1. The maximum absolute atomic E-state index is 13.0. The Morgan fingerprint density at radius 3 is 2.35 bits per heavy atom. The third kappa shape index (κ3) is 6.26. The zero-order chi connectivity index (χ0) is 24.6. The van der Waals surface area contributed by atoms with Crippen LogP contribution in [0, 0.1) is 0 Å². The number of carbonyl (C=O) groups is 1. The monoisotopic (exact) mass is 484 g/mol. The molecule has 0 saturated carbocycles. The van der Waals surface area contributed by atoms with Gasteiger partial charge in [-0.2, -0.15) is 13.5 Å². The van der Waals surface area contributed by atoms with E-state index in [9.17, 15) is 13.2 Å². The number of hydrazone groups is 1. The van der Waals surface area contributed by atoms with E-state index in [1.54, 1.807) is 55.6 Å². The summed E-state index contributed by atoms with van der Waals surface area (Å²) in [6, 6.07) is 17.9. The molecule has 0 spiro atoms. The first-order valence-electron chi connectivity index (χ1n) is 10.1. The summed E-state index contributed by atoms with van der Waals surface area (Å²) in [5, 5.41) is 3.93. The Morgan fingerprint density at radius 2 is 1.62 bits per heavy atom. The van der Waals surface area contributed by atoms with E-state index in [1.165, 1.54) is 38.6 Å². The molecule has 0 bridgehead atoms. The third-order valence-corrected chi connectivity index (χ3v) is 5.91. The van der Waals surface area contributed by atoms with E-state index < -0.39 is 10.1 Å². The van der Waals surface area contributed by atoms with Crippen molar-refractivity contribution in [2.45, 2.75) is 11.3 Å². The van der Waals surface area contributed by atoms with Gasteiger partial charge in [0.25, 0.3) is 0 Å². The van der Waals surface area contributed by atoms with Crippen molar-refractivity contribution in [3.63, 3.8) is 0 Å². The lowest BCUT2D eigenvalue weighted by atomic mass is 10.1. The number of para-hydroxylation sites is 1. The van der Waals surface area contributed by atoms with E-state index in [0.29, 0.717) is 17.1 Å². The van der Waals surface area contributed by atoms with Crippen molar-refractivity contribution in [1.29, 1.82) is 0 Å². The fourth-order valence-electron chi connectivity index (χ4n) is 2.99. The summed E-state index contributed by atoms with van der Waals surface area (Å²) >= 11 is 0. The first-order valence-corrected chi connectivity index (χ1v) is 11.5. The molecule has 0 saturated heterocycles. The Labute approximate surface area is 198 Å². The topological polar surface area (TPSA) is 113 Å². The van der Waals surface area contributed by atoms with Crippen molar-refractivity contribution in [2.24, 2.45) is 5.10 Å². The average molecular weight is 485 g/mol. The molecule has 34 heavy (non-hydrogen) atoms. The highest BCUT2D eigenvalue weighted by Crippen LogP contribution is 2.31. The number of amides is 1. The van der Waals surface area contributed by atoms with Crippen LogP contribution >= 0.6 is 0 Å². The Kier molecular flexibility index (Phi) is 8.10. The van der Waals surface area contributed by atoms with Crippen LogP contribution in [0.5, 0.6) is 23.0 Å². The molecule has 0 aliphatic carbocycles. The lowest BCUT2D eigenvalue weighted by Gasteiger charge is -2.13. The number of methoxy groups -OCH3 is 3. The number of carbonyl (C=O) groups excluding carboxylic acids is 1. The van der Waals surface area contributed by atoms with Crippen molar-refractivity contribution in [3.05, 3.63) is 77.9 Å². The van der Waals surface area contributed by atoms with E-state index in [1.807, 2.05) is 0 Å². The highest BCUT2D eigenvalue weighted by atomic mass is 32.2. The molecule has 1 N–H and O–H groups in total. The minimum absolute atomic E-state index is 0.0261. The van der Waals surface area contributed by atoms with Gasteiger partial charge in [0.05, 0.1) is 34.0 Å². The second-order valence-corrected chi connectivity index (χ2v) is 8.43. The van der Waals surface area contributed by atoms with Crippen LogP contribution in [0.3, 0.4) is 0 Å². The van der Waals surface area contributed by atoms with Crippen molar-refractivity contribution in [3.8, 4) is 23.0 Å². The van der Waals surface area contributed by atoms with Gasteiger partial charge in [0.2, 0.25) is 5.91 Å². The lowest BCUT2D eigenvalue weighted by Crippen LogP contribution is -2.20. The summed E-state index contributed by atoms with van der Waals surface area (Å²) in [5.41, 5.74) is 3.52. The van der Waals surface area contributed by atoms with Crippen LogP contribution in [-0.2, 0) is 21.3 Å². The molecule has 0 heterocycles. The minimum Gasteiger partial charge on any atom is -0.497 e. The average Bonchev–Trinajstić information content (AvgIpc) is 2.84. The largest absolute Gasteiger partial charge is 0.497 e. The number of nitrogens with zero attached hydrogens (tertiary/aromatic N) is 1. The van der Waals surface area contributed by atoms with Crippen LogP contribution in [0.1, 0.15) is 11.1 Å². The van der Waals surface area contributed by atoms with E-state index in [-0.39, 0.29) is 28.7 Å². The van der Waals surface area contributed by atoms with E-state index in [4.69, 9.17) is 18.4 Å². The summed E-state index contributed by atoms with van der Waals surface area (Å²) < 4.78 is 46.7. The molecule has 3 aromatic rings. The van der Waals surface area contributed by atoms with Crippen LogP contribution in [0.2, 0.25) is 0 Å². The van der Waals surface area contributed by atoms with Gasteiger partial charge in [-0.05, 0) is 42.0 Å². The maximum atomic E-state index is 13.0. The minimum atomic E-state index is -4.27. The van der Waals surface area contributed by atoms with Gasteiger partial charge in [-0.25, -0.2) is 5.43 Å². The molecule has 0 atom stereocenters. The summed E-state index contributed by atoms with van der Waals surface area (Å²) in [5.74, 6) is 0.761. The molecular weight excluding hydrogens is 460 g/mol. The predicted octanol–water partition coefficient (Wildman–Crippen LogP) is 3.17. The Balaban J connectivity index is 1.74. The second-order valence-electron chi connectivity index (χ2n) is 6.91. The molecule has 0 radical (unpaired) electrons. The first-order chi connectivity index (χ1) is 16.4. The summed E-state index contributed by atoms with van der Waals surface area (Å²) in [4.78, 5) is 12.0. The molecular formula is C24H24N2O7S. The molecule has 0 aliphatic heterocycles. The summed E-state index contributed by atoms with van der Waals surface area (Å²) in [6.07, 6.45) is 1.40. The Bertz CT molecular complexity index is 1290. The fourth-order valence-corrected chi connectivity index (χ4v) is 4.12. The molecule has 3 rings (SSSR count). The zero-order valence-corrected chi connectivity index (χ0v) is 19.7. The quantitative estimate of drug-likeness (QED) is 0.267. The van der Waals surface area contributed by atoms with Gasteiger partial charge in [-0.3, -0.25) is 4.79 Å². The molecule has 0 aromatic heterocycles. The van der Waals surface area contributed by atoms with Gasteiger partial charge in [0.1, 0.15) is 17.2 Å². The SMILES string of the molecule is COc1cccc(CC(=O)NN=Cc2ccccc2OS(=O)(=O)c2cc(OC)ccc2OC)c1. The molecule has 3 aromatic carbocycles. The Morgan fingerprint density at radius 1 is 0.882 bits per heavy atom. The van der Waals surface area contributed by atoms with Gasteiger partial charge in [0.15, 0.2) is 10.6 Å². The van der Waals surface area contributed by atoms with E-state index in [2.05, 4.69) is 10.5 Å². The number of rotatable bonds is 10. The van der Waals surface area contributed by atoms with Gasteiger partial charge in [-0.15, -0.1) is 0 Å². The van der Waals surface area contributed by atoms with Crippen molar-refractivity contribution >= 4 is 22.2 Å². The molecule has 10 heteroatoms. The molecule has 0 unspecified atom stereocenters. The van der Waals surface area contributed by atoms with Crippen LogP contribution in [0.15, 0.2) is 76.7 Å². The standard InChI is InChI=1S/C24H24N2O7S/c1-30-19-9-6-7-17(13-19)14-24(27)26-25-16-18-8-4-5-10-21(18)33-34(28,29)23-15-20(31-2)11-12-22(23)32-3/h4-13,15-16H,14H2,1-3H3,(H,26,27). The molecule has 1 amide bonds. The number of hydrogen-bond donors (Lipinski definition) is 1. The number of hydrogen-bond acceptors (Lipinski definition) is 8. The molecule has 0 aliphatic rings. The van der Waals surface area contributed by atoms with Crippen molar-refractivity contribution in [2.75, 3.05) is 21.3 Å². The first kappa shape index (κ1) is 24.6. The van der Waals surface area contributed by atoms with E-state index >= 15 is 0 Å². The molecule has 9 nitrogen and oxygen atoms in total. The van der Waals surface area contributed by atoms with Gasteiger partial charge in [-0.1, -0.05) is 24.3 Å². The van der Waals surface area contributed by atoms with Crippen molar-refractivity contribution < 1.29 is 31.6 Å².